The summed E-state index contributed by atoms with van der Waals surface area (Å²) in [6.45, 7) is -0.388. The summed E-state index contributed by atoms with van der Waals surface area (Å²) >= 11 is 0. The molecule has 1 aromatic heterocycles. The van der Waals surface area contributed by atoms with E-state index >= 15 is 0 Å². The molecule has 0 saturated heterocycles. The van der Waals surface area contributed by atoms with E-state index in [0.717, 1.165) is 18.9 Å². The maximum atomic E-state index is 12.1. The Bertz CT molecular complexity index is 578. The second-order valence-corrected chi connectivity index (χ2v) is 4.86. The second-order valence-electron chi connectivity index (χ2n) is 4.86. The number of carbonyl (C=O) groups excluding carboxylic acids is 1. The molecule has 9 nitrogen and oxygen atoms in total. The topological polar surface area (TPSA) is 135 Å². The first-order valence-electron chi connectivity index (χ1n) is 6.44. The lowest BCUT2D eigenvalue weighted by Gasteiger charge is -2.14. The molecule has 114 valence electrons. The zero-order valence-corrected chi connectivity index (χ0v) is 11.1. The summed E-state index contributed by atoms with van der Waals surface area (Å²) in [5.74, 6) is -1.97. The molecular formula is C12H15N3O6. The van der Waals surface area contributed by atoms with Crippen LogP contribution in [0.25, 0.3) is 0 Å². The molecule has 21 heavy (non-hydrogen) atoms. The molecule has 0 spiro atoms. The highest BCUT2D eigenvalue weighted by atomic mass is 16.6. The summed E-state index contributed by atoms with van der Waals surface area (Å²) in [4.78, 5) is 33.3. The maximum absolute atomic E-state index is 12.1. The summed E-state index contributed by atoms with van der Waals surface area (Å²) in [6.07, 6.45) is 2.80. The number of nitrogens with zero attached hydrogens (tertiary/aromatic N) is 2. The largest absolute Gasteiger partial charge is 0.480 e. The third-order valence-corrected chi connectivity index (χ3v) is 3.24. The van der Waals surface area contributed by atoms with Gasteiger partial charge < -0.3 is 20.1 Å². The monoisotopic (exact) mass is 297 g/mol. The summed E-state index contributed by atoms with van der Waals surface area (Å²) in [7, 11) is 0. The van der Waals surface area contributed by atoms with Crippen LogP contribution in [-0.4, -0.2) is 44.2 Å². The second kappa shape index (κ2) is 5.92. The lowest BCUT2D eigenvalue weighted by atomic mass is 10.2. The number of aromatic nitrogens is 1. The first kappa shape index (κ1) is 15.0. The van der Waals surface area contributed by atoms with Crippen molar-refractivity contribution in [1.82, 2.24) is 9.88 Å². The molecule has 2 rings (SSSR count). The summed E-state index contributed by atoms with van der Waals surface area (Å²) in [5.41, 5.74) is -0.144. The van der Waals surface area contributed by atoms with Crippen LogP contribution in [-0.2, 0) is 4.79 Å². The molecule has 0 radical (unpaired) electrons. The minimum atomic E-state index is -1.27. The van der Waals surface area contributed by atoms with Gasteiger partial charge >= 0.3 is 5.97 Å². The molecule has 1 fully saturated rings. The first-order chi connectivity index (χ1) is 9.93. The highest BCUT2D eigenvalue weighted by Gasteiger charge is 2.31. The molecule has 0 bridgehead atoms. The van der Waals surface area contributed by atoms with Crippen molar-refractivity contribution < 1.29 is 24.7 Å². The van der Waals surface area contributed by atoms with Crippen LogP contribution in [0.2, 0.25) is 0 Å². The number of aliphatic hydroxyl groups excluding tert-OH is 1. The Hall–Kier alpha value is -2.42. The SMILES string of the molecule is O=C(N[C@@H](CCO)C(=O)O)c1cc([N+](=O)[O-])cn1C1CC1. The van der Waals surface area contributed by atoms with Crippen LogP contribution in [0.5, 0.6) is 0 Å². The minimum absolute atomic E-state index is 0.0422. The zero-order chi connectivity index (χ0) is 15.6. The van der Waals surface area contributed by atoms with E-state index in [1.165, 1.54) is 10.8 Å². The Morgan fingerprint density at radius 1 is 1.52 bits per heavy atom. The van der Waals surface area contributed by atoms with E-state index in [1.807, 2.05) is 0 Å². The van der Waals surface area contributed by atoms with Crippen molar-refractivity contribution in [2.75, 3.05) is 6.61 Å². The fourth-order valence-electron chi connectivity index (χ4n) is 2.02. The van der Waals surface area contributed by atoms with Crippen LogP contribution >= 0.6 is 0 Å². The number of rotatable bonds is 7. The molecule has 1 saturated carbocycles. The molecule has 0 aromatic carbocycles. The van der Waals surface area contributed by atoms with Crippen molar-refractivity contribution in [1.29, 1.82) is 0 Å². The summed E-state index contributed by atoms with van der Waals surface area (Å²) in [5, 5.41) is 30.8. The Kier molecular flexibility index (Phi) is 4.22. The van der Waals surface area contributed by atoms with E-state index in [-0.39, 0.29) is 30.5 Å². The van der Waals surface area contributed by atoms with Crippen LogP contribution in [0.4, 0.5) is 5.69 Å². The van der Waals surface area contributed by atoms with Crippen LogP contribution in [0.1, 0.15) is 35.8 Å². The number of hydrogen-bond acceptors (Lipinski definition) is 5. The Labute approximate surface area is 119 Å². The van der Waals surface area contributed by atoms with Crippen molar-refractivity contribution in [2.24, 2.45) is 0 Å². The fourth-order valence-corrected chi connectivity index (χ4v) is 2.02. The maximum Gasteiger partial charge on any atom is 0.326 e. The number of nitro groups is 1. The predicted molar refractivity (Wildman–Crippen MR) is 70.0 cm³/mol. The number of carboxylic acid groups (broad SMARTS) is 1. The van der Waals surface area contributed by atoms with E-state index < -0.39 is 22.8 Å². The predicted octanol–water partition coefficient (Wildman–Crippen LogP) is 0.297. The van der Waals surface area contributed by atoms with Gasteiger partial charge in [-0.15, -0.1) is 0 Å². The summed E-state index contributed by atoms with van der Waals surface area (Å²) in [6, 6.07) is -0.0596. The first-order valence-corrected chi connectivity index (χ1v) is 6.44. The number of carbonyl (C=O) groups is 2. The van der Waals surface area contributed by atoms with Gasteiger partial charge in [0.2, 0.25) is 0 Å². The van der Waals surface area contributed by atoms with E-state index in [9.17, 15) is 19.7 Å². The van der Waals surface area contributed by atoms with Gasteiger partial charge in [-0.1, -0.05) is 0 Å². The van der Waals surface area contributed by atoms with Gasteiger partial charge in [-0.2, -0.15) is 0 Å². The quantitative estimate of drug-likeness (QED) is 0.489. The average molecular weight is 297 g/mol. The van der Waals surface area contributed by atoms with Crippen LogP contribution in [0.3, 0.4) is 0 Å². The number of carboxylic acids is 1. The van der Waals surface area contributed by atoms with Gasteiger partial charge in [0.05, 0.1) is 11.1 Å². The van der Waals surface area contributed by atoms with Crippen molar-refractivity contribution in [3.63, 3.8) is 0 Å². The lowest BCUT2D eigenvalue weighted by Crippen LogP contribution is -2.42. The molecule has 1 aliphatic rings. The molecule has 0 unspecified atom stereocenters. The molecule has 9 heteroatoms. The number of aliphatic carboxylic acids is 1. The molecule has 1 amide bonds. The molecule has 0 aliphatic heterocycles. The molecule has 1 aliphatic carbocycles. The number of nitrogens with one attached hydrogen (secondary N) is 1. The minimum Gasteiger partial charge on any atom is -0.480 e. The van der Waals surface area contributed by atoms with Gasteiger partial charge in [0.15, 0.2) is 0 Å². The van der Waals surface area contributed by atoms with Crippen molar-refractivity contribution in [3.05, 3.63) is 28.1 Å². The highest BCUT2D eigenvalue weighted by Crippen LogP contribution is 2.37. The molecule has 3 N–H and O–H groups in total. The van der Waals surface area contributed by atoms with Gasteiger partial charge in [0.1, 0.15) is 11.7 Å². The lowest BCUT2D eigenvalue weighted by molar-refractivity contribution is -0.384. The van der Waals surface area contributed by atoms with Crippen molar-refractivity contribution in [2.45, 2.75) is 31.3 Å². The van der Waals surface area contributed by atoms with Gasteiger partial charge in [-0.3, -0.25) is 14.9 Å². The zero-order valence-electron chi connectivity index (χ0n) is 11.1. The van der Waals surface area contributed by atoms with E-state index in [2.05, 4.69) is 5.32 Å². The van der Waals surface area contributed by atoms with Crippen LogP contribution in [0.15, 0.2) is 12.3 Å². The normalized spacial score (nSPS) is 15.5. The Balaban J connectivity index is 2.21. The Morgan fingerprint density at radius 3 is 2.67 bits per heavy atom. The van der Waals surface area contributed by atoms with E-state index in [4.69, 9.17) is 10.2 Å². The Morgan fingerprint density at radius 2 is 2.19 bits per heavy atom. The van der Waals surface area contributed by atoms with Gasteiger partial charge in [-0.05, 0) is 12.8 Å². The van der Waals surface area contributed by atoms with Crippen molar-refractivity contribution >= 4 is 17.6 Å². The van der Waals surface area contributed by atoms with Gasteiger partial charge in [-0.25, -0.2) is 4.79 Å². The average Bonchev–Trinajstić information content (AvgIpc) is 3.16. The van der Waals surface area contributed by atoms with Crippen LogP contribution < -0.4 is 5.32 Å². The highest BCUT2D eigenvalue weighted by molar-refractivity contribution is 5.96. The van der Waals surface area contributed by atoms with E-state index in [1.54, 1.807) is 0 Å². The fraction of sp³-hybridized carbons (Fsp3) is 0.500. The standard InChI is InChI=1S/C12H15N3O6/c16-4-3-9(12(18)19)13-11(17)10-5-8(15(20)21)6-14(10)7-1-2-7/h5-7,9,16H,1-4H2,(H,13,17)(H,18,19)/t9-/m0/s1. The van der Waals surface area contributed by atoms with E-state index in [0.29, 0.717) is 0 Å². The third kappa shape index (κ3) is 3.37. The van der Waals surface area contributed by atoms with Crippen molar-refractivity contribution in [3.8, 4) is 0 Å². The molecule has 1 atom stereocenters. The van der Waals surface area contributed by atoms with Crippen LogP contribution in [0, 0.1) is 10.1 Å². The number of aliphatic hydroxyl groups is 1. The third-order valence-electron chi connectivity index (χ3n) is 3.24. The number of amides is 1. The summed E-state index contributed by atoms with van der Waals surface area (Å²) < 4.78 is 1.51. The molecule has 1 aromatic rings. The van der Waals surface area contributed by atoms with Gasteiger partial charge in [0, 0.05) is 25.1 Å². The smallest absolute Gasteiger partial charge is 0.326 e. The molecule has 1 heterocycles. The number of hydrogen-bond donors (Lipinski definition) is 3. The van der Waals surface area contributed by atoms with Gasteiger partial charge in [0.25, 0.3) is 11.6 Å². The molecular weight excluding hydrogens is 282 g/mol.